The first kappa shape index (κ1) is 17.0. The van der Waals surface area contributed by atoms with Gasteiger partial charge in [-0.15, -0.1) is 0 Å². The van der Waals surface area contributed by atoms with E-state index in [1.165, 1.54) is 42.7 Å². The van der Waals surface area contributed by atoms with E-state index in [1.54, 1.807) is 0 Å². The van der Waals surface area contributed by atoms with Crippen molar-refractivity contribution >= 4 is 5.69 Å². The van der Waals surface area contributed by atoms with Gasteiger partial charge in [0.2, 0.25) is 0 Å². The molecule has 0 radical (unpaired) electrons. The predicted octanol–water partition coefficient (Wildman–Crippen LogP) is 2.38. The van der Waals surface area contributed by atoms with Crippen LogP contribution >= 0.6 is 0 Å². The number of nitrogens with one attached hydrogen (secondary N) is 1. The smallest absolute Gasteiger partial charge is 0.0644 e. The van der Waals surface area contributed by atoms with Crippen molar-refractivity contribution in [1.29, 1.82) is 0 Å². The molecule has 0 spiro atoms. The van der Waals surface area contributed by atoms with Crippen molar-refractivity contribution in [1.82, 2.24) is 15.1 Å². The van der Waals surface area contributed by atoms with Crippen LogP contribution in [0.15, 0.2) is 24.3 Å². The first-order chi connectivity index (χ1) is 11.7. The molecule has 1 fully saturated rings. The molecule has 3 rings (SSSR count). The highest BCUT2D eigenvalue weighted by molar-refractivity contribution is 5.54. The number of hydrogen-bond donors (Lipinski definition) is 2. The molecule has 1 saturated heterocycles. The zero-order valence-electron chi connectivity index (χ0n) is 14.8. The Kier molecular flexibility index (Phi) is 5.53. The lowest BCUT2D eigenvalue weighted by molar-refractivity contribution is 0.267. The molecule has 1 aliphatic heterocycles. The lowest BCUT2D eigenvalue weighted by atomic mass is 10.1. The average Bonchev–Trinajstić information content (AvgIpc) is 3.20. The van der Waals surface area contributed by atoms with E-state index in [1.807, 2.05) is 11.6 Å². The van der Waals surface area contributed by atoms with Crippen LogP contribution in [0.1, 0.15) is 35.4 Å². The number of benzene rings is 1. The summed E-state index contributed by atoms with van der Waals surface area (Å²) in [4.78, 5) is 2.49. The number of rotatable bonds is 7. The lowest BCUT2D eigenvalue weighted by Gasteiger charge is -2.21. The second kappa shape index (κ2) is 7.81. The van der Waals surface area contributed by atoms with Gasteiger partial charge in [-0.3, -0.25) is 4.68 Å². The van der Waals surface area contributed by atoms with Crippen LogP contribution in [0.25, 0.3) is 0 Å². The van der Waals surface area contributed by atoms with Crippen LogP contribution in [-0.4, -0.2) is 34.6 Å². The maximum Gasteiger partial charge on any atom is 0.0644 e. The van der Waals surface area contributed by atoms with Crippen LogP contribution in [0, 0.1) is 13.8 Å². The van der Waals surface area contributed by atoms with E-state index in [4.69, 9.17) is 5.11 Å². The Bertz CT molecular complexity index is 674. The summed E-state index contributed by atoms with van der Waals surface area (Å²) in [6.45, 7) is 8.80. The molecule has 2 heterocycles. The van der Waals surface area contributed by atoms with E-state index in [2.05, 4.69) is 46.5 Å². The quantitative estimate of drug-likeness (QED) is 0.819. The Morgan fingerprint density at radius 3 is 2.62 bits per heavy atom. The van der Waals surface area contributed by atoms with E-state index < -0.39 is 0 Å². The first-order valence-corrected chi connectivity index (χ1v) is 8.88. The molecule has 2 aromatic rings. The van der Waals surface area contributed by atoms with E-state index >= 15 is 0 Å². The summed E-state index contributed by atoms with van der Waals surface area (Å²) in [5.74, 6) is 0. The summed E-state index contributed by atoms with van der Waals surface area (Å²) >= 11 is 0. The molecule has 24 heavy (non-hydrogen) atoms. The lowest BCUT2D eigenvalue weighted by Crippen LogP contribution is -2.21. The summed E-state index contributed by atoms with van der Waals surface area (Å²) in [7, 11) is 0. The van der Waals surface area contributed by atoms with E-state index in [-0.39, 0.29) is 6.61 Å². The van der Waals surface area contributed by atoms with Crippen molar-refractivity contribution < 1.29 is 5.11 Å². The first-order valence-electron chi connectivity index (χ1n) is 8.88. The zero-order valence-corrected chi connectivity index (χ0v) is 14.8. The number of para-hydroxylation sites is 1. The molecule has 1 aromatic carbocycles. The Labute approximate surface area is 144 Å². The van der Waals surface area contributed by atoms with E-state index in [0.717, 1.165) is 24.5 Å². The third-order valence-electron chi connectivity index (χ3n) is 4.90. The third-order valence-corrected chi connectivity index (χ3v) is 4.90. The van der Waals surface area contributed by atoms with Crippen molar-refractivity contribution in [2.24, 2.45) is 0 Å². The van der Waals surface area contributed by atoms with Crippen molar-refractivity contribution in [3.05, 3.63) is 46.8 Å². The van der Waals surface area contributed by atoms with Crippen LogP contribution in [0.2, 0.25) is 0 Å². The fourth-order valence-corrected chi connectivity index (χ4v) is 3.55. The van der Waals surface area contributed by atoms with Gasteiger partial charge in [-0.1, -0.05) is 18.2 Å². The maximum atomic E-state index is 9.12. The Morgan fingerprint density at radius 1 is 1.12 bits per heavy atom. The molecule has 5 heteroatoms. The fourth-order valence-electron chi connectivity index (χ4n) is 3.55. The van der Waals surface area contributed by atoms with Crippen molar-refractivity contribution in [3.8, 4) is 0 Å². The van der Waals surface area contributed by atoms with Crippen LogP contribution in [0.4, 0.5) is 5.69 Å². The Balaban J connectivity index is 1.65. The monoisotopic (exact) mass is 328 g/mol. The van der Waals surface area contributed by atoms with Crippen molar-refractivity contribution in [2.75, 3.05) is 24.6 Å². The molecule has 130 valence electrons. The SMILES string of the molecule is Cc1nn(CCO)c(C)c1CNCc1ccccc1N1CCCC1. The van der Waals surface area contributed by atoms with Gasteiger partial charge in [0.1, 0.15) is 0 Å². The van der Waals surface area contributed by atoms with Crippen molar-refractivity contribution in [2.45, 2.75) is 46.3 Å². The molecular weight excluding hydrogens is 300 g/mol. The summed E-state index contributed by atoms with van der Waals surface area (Å²) in [5.41, 5.74) is 6.15. The molecular formula is C19H28N4O. The Morgan fingerprint density at radius 2 is 1.88 bits per heavy atom. The number of aromatic nitrogens is 2. The van der Waals surface area contributed by atoms with Gasteiger partial charge in [0.05, 0.1) is 18.8 Å². The second-order valence-corrected chi connectivity index (χ2v) is 6.52. The molecule has 0 saturated carbocycles. The molecule has 0 atom stereocenters. The van der Waals surface area contributed by atoms with Gasteiger partial charge in [0.25, 0.3) is 0 Å². The van der Waals surface area contributed by atoms with Gasteiger partial charge >= 0.3 is 0 Å². The third kappa shape index (κ3) is 3.62. The minimum Gasteiger partial charge on any atom is -0.394 e. The highest BCUT2D eigenvalue weighted by atomic mass is 16.3. The number of nitrogens with zero attached hydrogens (tertiary/aromatic N) is 3. The van der Waals surface area contributed by atoms with Crippen LogP contribution < -0.4 is 10.2 Å². The number of aliphatic hydroxyl groups excluding tert-OH is 1. The van der Waals surface area contributed by atoms with E-state index in [9.17, 15) is 0 Å². The minimum absolute atomic E-state index is 0.123. The summed E-state index contributed by atoms with van der Waals surface area (Å²) in [6.07, 6.45) is 2.59. The number of anilines is 1. The highest BCUT2D eigenvalue weighted by Crippen LogP contribution is 2.24. The molecule has 2 N–H and O–H groups in total. The van der Waals surface area contributed by atoms with Crippen LogP contribution in [0.3, 0.4) is 0 Å². The van der Waals surface area contributed by atoms with Gasteiger partial charge in [-0.05, 0) is 38.3 Å². The molecule has 1 aromatic heterocycles. The molecule has 1 aliphatic rings. The maximum absolute atomic E-state index is 9.12. The minimum atomic E-state index is 0.123. The van der Waals surface area contributed by atoms with Gasteiger partial charge in [0, 0.05) is 43.1 Å². The normalized spacial score (nSPS) is 14.5. The molecule has 5 nitrogen and oxygen atoms in total. The van der Waals surface area contributed by atoms with Gasteiger partial charge < -0.3 is 15.3 Å². The largest absolute Gasteiger partial charge is 0.394 e. The number of aryl methyl sites for hydroxylation is 1. The molecule has 0 aliphatic carbocycles. The summed E-state index contributed by atoms with van der Waals surface area (Å²) < 4.78 is 1.89. The molecule has 0 unspecified atom stereocenters. The summed E-state index contributed by atoms with van der Waals surface area (Å²) in [5, 5.41) is 17.2. The standard InChI is InChI=1S/C19H28N4O/c1-15-18(16(2)23(21-15)11-12-24)14-20-13-17-7-3-4-8-19(17)22-9-5-6-10-22/h3-4,7-8,20,24H,5-6,9-14H2,1-2H3. The Hall–Kier alpha value is -1.85. The van der Waals surface area contributed by atoms with Gasteiger partial charge in [-0.2, -0.15) is 5.10 Å². The van der Waals surface area contributed by atoms with Crippen LogP contribution in [0.5, 0.6) is 0 Å². The highest BCUT2D eigenvalue weighted by Gasteiger charge is 2.15. The van der Waals surface area contributed by atoms with E-state index in [0.29, 0.717) is 6.54 Å². The summed E-state index contributed by atoms with van der Waals surface area (Å²) in [6, 6.07) is 8.70. The topological polar surface area (TPSA) is 53.3 Å². The fraction of sp³-hybridized carbons (Fsp3) is 0.526. The average molecular weight is 328 g/mol. The molecule has 0 amide bonds. The predicted molar refractivity (Wildman–Crippen MR) is 97.2 cm³/mol. The number of hydrogen-bond acceptors (Lipinski definition) is 4. The van der Waals surface area contributed by atoms with Gasteiger partial charge in [0.15, 0.2) is 0 Å². The molecule has 0 bridgehead atoms. The van der Waals surface area contributed by atoms with Gasteiger partial charge in [-0.25, -0.2) is 0 Å². The zero-order chi connectivity index (χ0) is 16.9. The number of aliphatic hydroxyl groups is 1. The van der Waals surface area contributed by atoms with Crippen molar-refractivity contribution in [3.63, 3.8) is 0 Å². The second-order valence-electron chi connectivity index (χ2n) is 6.52. The van der Waals surface area contributed by atoms with Crippen LogP contribution in [-0.2, 0) is 19.6 Å².